The summed E-state index contributed by atoms with van der Waals surface area (Å²) in [6.07, 6.45) is 14.4. The van der Waals surface area contributed by atoms with Gasteiger partial charge in [-0.1, -0.05) is 24.3 Å². The standard InChI is InChI=1S/C23H20N4O3/c28-22-20(12-16-6-2-1-3-7-16)26-23(29)21(27-22)13-17-9-10-19(14-25-17)30-15-18-8-4-5-11-24-18/h2,4-14H,1,3,15H2,(H,26,29)(H,27,28)/b20-12-,21-13-. The highest BCUT2D eigenvalue weighted by atomic mass is 16.5. The fourth-order valence-corrected chi connectivity index (χ4v) is 2.95. The Morgan fingerprint density at radius 1 is 0.967 bits per heavy atom. The van der Waals surface area contributed by atoms with Crippen LogP contribution >= 0.6 is 0 Å². The average Bonchev–Trinajstić information content (AvgIpc) is 2.78. The predicted octanol–water partition coefficient (Wildman–Crippen LogP) is 1.32. The van der Waals surface area contributed by atoms with Gasteiger partial charge in [-0.05, 0) is 54.8 Å². The number of hydrogen-bond acceptors (Lipinski definition) is 5. The van der Waals surface area contributed by atoms with Crippen LogP contribution in [0.4, 0.5) is 0 Å². The van der Waals surface area contributed by atoms with Gasteiger partial charge >= 0.3 is 0 Å². The Balaban J connectivity index is 1.54. The lowest BCUT2D eigenvalue weighted by molar-refractivity contribution is 0.300. The molecule has 0 aromatic carbocycles. The number of allylic oxidation sites excluding steroid dienone is 4. The summed E-state index contributed by atoms with van der Waals surface area (Å²) in [5.41, 5.74) is 1.49. The van der Waals surface area contributed by atoms with Crippen LogP contribution in [0.15, 0.2) is 76.1 Å². The van der Waals surface area contributed by atoms with Crippen molar-refractivity contribution in [2.24, 2.45) is 0 Å². The van der Waals surface area contributed by atoms with Gasteiger partial charge in [-0.3, -0.25) is 19.6 Å². The third kappa shape index (κ3) is 4.88. The molecule has 0 saturated carbocycles. The van der Waals surface area contributed by atoms with Crippen LogP contribution in [0.1, 0.15) is 24.2 Å². The first-order valence-corrected chi connectivity index (χ1v) is 9.59. The van der Waals surface area contributed by atoms with E-state index < -0.39 is 5.56 Å². The number of pyridine rings is 2. The minimum Gasteiger partial charge on any atom is -0.486 e. The summed E-state index contributed by atoms with van der Waals surface area (Å²) in [7, 11) is 0. The number of aromatic nitrogens is 4. The lowest BCUT2D eigenvalue weighted by Crippen LogP contribution is -2.46. The molecule has 0 amide bonds. The van der Waals surface area contributed by atoms with Crippen molar-refractivity contribution in [3.8, 4) is 5.75 Å². The highest BCUT2D eigenvalue weighted by molar-refractivity contribution is 5.52. The highest BCUT2D eigenvalue weighted by Gasteiger charge is 2.01. The van der Waals surface area contributed by atoms with Crippen molar-refractivity contribution in [1.82, 2.24) is 19.9 Å². The lowest BCUT2D eigenvalue weighted by Gasteiger charge is -2.05. The van der Waals surface area contributed by atoms with Crippen LogP contribution in [0, 0.1) is 0 Å². The molecule has 7 heteroatoms. The maximum atomic E-state index is 12.4. The van der Waals surface area contributed by atoms with Crippen molar-refractivity contribution in [1.29, 1.82) is 0 Å². The first-order chi connectivity index (χ1) is 14.7. The minimum absolute atomic E-state index is 0.139. The van der Waals surface area contributed by atoms with E-state index in [2.05, 4.69) is 19.9 Å². The fourth-order valence-electron chi connectivity index (χ4n) is 2.95. The maximum absolute atomic E-state index is 12.4. The zero-order valence-corrected chi connectivity index (χ0v) is 16.2. The molecule has 3 aromatic rings. The van der Waals surface area contributed by atoms with Crippen molar-refractivity contribution in [3.05, 3.63) is 109 Å². The monoisotopic (exact) mass is 400 g/mol. The van der Waals surface area contributed by atoms with E-state index in [-0.39, 0.29) is 16.3 Å². The predicted molar refractivity (Wildman–Crippen MR) is 114 cm³/mol. The molecular weight excluding hydrogens is 380 g/mol. The average molecular weight is 400 g/mol. The number of hydrogen-bond donors (Lipinski definition) is 2. The largest absolute Gasteiger partial charge is 0.486 e. The first kappa shape index (κ1) is 19.3. The Kier molecular flexibility index (Phi) is 5.80. The number of rotatable bonds is 5. The van der Waals surface area contributed by atoms with Crippen LogP contribution in [0.5, 0.6) is 5.75 Å². The molecule has 3 heterocycles. The Morgan fingerprint density at radius 2 is 1.80 bits per heavy atom. The second-order valence-electron chi connectivity index (χ2n) is 6.74. The van der Waals surface area contributed by atoms with E-state index in [4.69, 9.17) is 4.74 Å². The van der Waals surface area contributed by atoms with Gasteiger partial charge in [0.2, 0.25) is 0 Å². The minimum atomic E-state index is -0.390. The first-order valence-electron chi connectivity index (χ1n) is 9.59. The van der Waals surface area contributed by atoms with Gasteiger partial charge in [0.05, 0.1) is 17.6 Å². The normalized spacial score (nSPS) is 14.6. The van der Waals surface area contributed by atoms with Crippen molar-refractivity contribution < 1.29 is 4.74 Å². The molecule has 4 rings (SSSR count). The molecule has 30 heavy (non-hydrogen) atoms. The van der Waals surface area contributed by atoms with E-state index in [0.717, 1.165) is 24.1 Å². The molecular formula is C23H20N4O3. The van der Waals surface area contributed by atoms with Crippen LogP contribution in [0.2, 0.25) is 0 Å². The van der Waals surface area contributed by atoms with Gasteiger partial charge in [-0.15, -0.1) is 0 Å². The van der Waals surface area contributed by atoms with Gasteiger partial charge in [0.1, 0.15) is 23.1 Å². The van der Waals surface area contributed by atoms with E-state index in [1.807, 2.05) is 36.4 Å². The summed E-state index contributed by atoms with van der Waals surface area (Å²) in [6.45, 7) is 0.335. The third-order valence-electron chi connectivity index (χ3n) is 4.48. The molecule has 0 bridgehead atoms. The van der Waals surface area contributed by atoms with Crippen molar-refractivity contribution in [3.63, 3.8) is 0 Å². The molecule has 0 spiro atoms. The maximum Gasteiger partial charge on any atom is 0.272 e. The zero-order valence-electron chi connectivity index (χ0n) is 16.2. The number of ether oxygens (including phenoxy) is 1. The Hall–Kier alpha value is -4.00. The van der Waals surface area contributed by atoms with Gasteiger partial charge in [0.15, 0.2) is 0 Å². The molecule has 0 unspecified atom stereocenters. The van der Waals surface area contributed by atoms with Crippen LogP contribution in [-0.4, -0.2) is 19.9 Å². The van der Waals surface area contributed by atoms with Crippen LogP contribution in [-0.2, 0) is 6.61 Å². The van der Waals surface area contributed by atoms with Crippen molar-refractivity contribution in [2.45, 2.75) is 19.4 Å². The molecule has 3 aromatic heterocycles. The number of nitrogens with one attached hydrogen (secondary N) is 2. The Morgan fingerprint density at radius 3 is 2.47 bits per heavy atom. The van der Waals surface area contributed by atoms with E-state index in [1.165, 1.54) is 6.08 Å². The van der Waals surface area contributed by atoms with E-state index in [1.54, 1.807) is 30.6 Å². The van der Waals surface area contributed by atoms with Crippen molar-refractivity contribution in [2.75, 3.05) is 0 Å². The number of H-pyrrole nitrogens is 2. The SMILES string of the molecule is O=c1[nH]/c(=C\c2ccc(OCc3ccccn3)cn2)c(=O)[nH]/c1=C\C1=CCCC=C1. The Bertz CT molecular complexity index is 1320. The van der Waals surface area contributed by atoms with Gasteiger partial charge in [-0.25, -0.2) is 0 Å². The summed E-state index contributed by atoms with van der Waals surface area (Å²) in [6, 6.07) is 9.07. The highest BCUT2D eigenvalue weighted by Crippen LogP contribution is 2.11. The van der Waals surface area contributed by atoms with Gasteiger partial charge in [-0.2, -0.15) is 0 Å². The van der Waals surface area contributed by atoms with E-state index >= 15 is 0 Å². The number of nitrogens with zero attached hydrogens (tertiary/aromatic N) is 2. The molecule has 0 aliphatic heterocycles. The summed E-state index contributed by atoms with van der Waals surface area (Å²) >= 11 is 0. The second kappa shape index (κ2) is 9.00. The van der Waals surface area contributed by atoms with Gasteiger partial charge in [0, 0.05) is 6.20 Å². The van der Waals surface area contributed by atoms with Crippen LogP contribution in [0.3, 0.4) is 0 Å². The third-order valence-corrected chi connectivity index (χ3v) is 4.48. The fraction of sp³-hybridized carbons (Fsp3) is 0.130. The lowest BCUT2D eigenvalue weighted by atomic mass is 10.1. The summed E-state index contributed by atoms with van der Waals surface area (Å²) in [4.78, 5) is 38.5. The molecule has 0 fully saturated rings. The van der Waals surface area contributed by atoms with Crippen LogP contribution in [0.25, 0.3) is 12.2 Å². The second-order valence-corrected chi connectivity index (χ2v) is 6.74. The molecule has 1 aliphatic rings. The molecule has 150 valence electrons. The summed E-state index contributed by atoms with van der Waals surface area (Å²) in [5.74, 6) is 0.582. The molecule has 7 nitrogen and oxygen atoms in total. The summed E-state index contributed by atoms with van der Waals surface area (Å²) in [5, 5.41) is 0.362. The van der Waals surface area contributed by atoms with Gasteiger partial charge in [0.25, 0.3) is 11.1 Å². The van der Waals surface area contributed by atoms with Crippen molar-refractivity contribution >= 4 is 12.2 Å². The van der Waals surface area contributed by atoms with E-state index in [0.29, 0.717) is 18.1 Å². The summed E-state index contributed by atoms with van der Waals surface area (Å²) < 4.78 is 5.65. The molecule has 1 aliphatic carbocycles. The van der Waals surface area contributed by atoms with E-state index in [9.17, 15) is 9.59 Å². The topological polar surface area (TPSA) is 101 Å². The van der Waals surface area contributed by atoms with Gasteiger partial charge < -0.3 is 14.7 Å². The Labute approximate surface area is 171 Å². The molecule has 0 radical (unpaired) electrons. The molecule has 0 saturated heterocycles. The van der Waals surface area contributed by atoms with Crippen LogP contribution < -0.4 is 26.6 Å². The zero-order chi connectivity index (χ0) is 20.8. The quantitative estimate of drug-likeness (QED) is 0.673. The molecule has 2 N–H and O–H groups in total. The smallest absolute Gasteiger partial charge is 0.272 e. The molecule has 0 atom stereocenters. The number of aromatic amines is 2.